The first kappa shape index (κ1) is 18.5. The number of hydrogen-bond acceptors (Lipinski definition) is 5. The lowest BCUT2D eigenvalue weighted by molar-refractivity contribution is -0.146. The van der Waals surface area contributed by atoms with Crippen molar-refractivity contribution in [2.75, 3.05) is 7.05 Å². The zero-order valence-corrected chi connectivity index (χ0v) is 14.7. The largest absolute Gasteiger partial charge is 0.480 e. The Labute approximate surface area is 140 Å². The molecule has 0 aromatic carbocycles. The Bertz CT molecular complexity index is 744. The van der Waals surface area contributed by atoms with Crippen molar-refractivity contribution in [3.8, 4) is 0 Å². The van der Waals surface area contributed by atoms with Crippen molar-refractivity contribution in [3.63, 3.8) is 0 Å². The zero-order chi connectivity index (χ0) is 18.1. The number of nitrogens with one attached hydrogen (secondary N) is 2. The van der Waals surface area contributed by atoms with Crippen molar-refractivity contribution in [2.24, 2.45) is 5.92 Å². The maximum absolute atomic E-state index is 12.5. The molecule has 1 aliphatic rings. The van der Waals surface area contributed by atoms with Crippen molar-refractivity contribution in [2.45, 2.75) is 50.2 Å². The lowest BCUT2D eigenvalue weighted by Crippen LogP contribution is -2.56. The third-order valence-corrected chi connectivity index (χ3v) is 5.83. The van der Waals surface area contributed by atoms with Crippen molar-refractivity contribution in [1.82, 2.24) is 10.0 Å². The van der Waals surface area contributed by atoms with E-state index >= 15 is 0 Å². The van der Waals surface area contributed by atoms with Crippen LogP contribution in [0.15, 0.2) is 15.6 Å². The first-order chi connectivity index (χ1) is 11.1. The Morgan fingerprint density at radius 3 is 2.42 bits per heavy atom. The summed E-state index contributed by atoms with van der Waals surface area (Å²) >= 11 is 0. The fraction of sp³-hybridized carbons (Fsp3) is 0.600. The number of carboxylic acid groups (broad SMARTS) is 1. The molecule has 0 saturated heterocycles. The van der Waals surface area contributed by atoms with Gasteiger partial charge in [0, 0.05) is 6.07 Å². The van der Waals surface area contributed by atoms with Crippen LogP contribution in [-0.4, -0.2) is 38.0 Å². The van der Waals surface area contributed by atoms with Gasteiger partial charge in [0.05, 0.1) is 5.56 Å². The molecule has 0 bridgehead atoms. The lowest BCUT2D eigenvalue weighted by atomic mass is 9.77. The number of carbonyl (C=O) groups is 2. The molecule has 0 atom stereocenters. The molecule has 1 aromatic rings. The minimum absolute atomic E-state index is 0.0167. The second-order valence-corrected chi connectivity index (χ2v) is 8.08. The predicted octanol–water partition coefficient (Wildman–Crippen LogP) is 1.26. The summed E-state index contributed by atoms with van der Waals surface area (Å²) < 4.78 is 30.7. The monoisotopic (exact) mass is 358 g/mol. The standard InChI is InChI=1S/C15H22N2O6S/c1-9-4-6-15(7-5-9,14(19)20)17-13(18)11-8-12(23-10(11)2)24(21,22)16-3/h8-9,16H,4-7H2,1-3H3,(H,17,18)(H,19,20). The summed E-state index contributed by atoms with van der Waals surface area (Å²) in [6.45, 7) is 3.50. The van der Waals surface area contributed by atoms with Crippen molar-refractivity contribution >= 4 is 21.9 Å². The van der Waals surface area contributed by atoms with E-state index in [0.717, 1.165) is 6.07 Å². The molecule has 1 amide bonds. The van der Waals surface area contributed by atoms with Gasteiger partial charge in [0.1, 0.15) is 11.3 Å². The molecule has 134 valence electrons. The topological polar surface area (TPSA) is 126 Å². The summed E-state index contributed by atoms with van der Waals surface area (Å²) in [5, 5.41) is 11.8. The molecule has 24 heavy (non-hydrogen) atoms. The Kier molecular flexibility index (Phi) is 5.05. The van der Waals surface area contributed by atoms with Crippen LogP contribution in [0.2, 0.25) is 0 Å². The predicted molar refractivity (Wildman–Crippen MR) is 85.2 cm³/mol. The Balaban J connectivity index is 2.27. The Hall–Kier alpha value is -1.87. The highest BCUT2D eigenvalue weighted by Crippen LogP contribution is 2.33. The van der Waals surface area contributed by atoms with Crippen LogP contribution in [0.4, 0.5) is 0 Å². The second-order valence-electron chi connectivity index (χ2n) is 6.27. The number of hydrogen-bond donors (Lipinski definition) is 3. The van der Waals surface area contributed by atoms with Crippen LogP contribution in [0.25, 0.3) is 0 Å². The molecule has 1 aliphatic carbocycles. The number of amides is 1. The number of aliphatic carboxylic acids is 1. The highest BCUT2D eigenvalue weighted by atomic mass is 32.2. The number of carbonyl (C=O) groups excluding carboxylic acids is 1. The summed E-state index contributed by atoms with van der Waals surface area (Å²) in [4.78, 5) is 24.2. The van der Waals surface area contributed by atoms with Gasteiger partial charge in [0.2, 0.25) is 5.09 Å². The normalized spacial score (nSPS) is 24.5. The molecule has 3 N–H and O–H groups in total. The van der Waals surface area contributed by atoms with Gasteiger partial charge in [-0.25, -0.2) is 17.9 Å². The molecule has 1 fully saturated rings. The lowest BCUT2D eigenvalue weighted by Gasteiger charge is -2.36. The summed E-state index contributed by atoms with van der Waals surface area (Å²) in [5.74, 6) is -1.19. The highest BCUT2D eigenvalue weighted by Gasteiger charge is 2.43. The summed E-state index contributed by atoms with van der Waals surface area (Å²) in [5.41, 5.74) is -1.31. The van der Waals surface area contributed by atoms with Crippen LogP contribution in [0.3, 0.4) is 0 Å². The van der Waals surface area contributed by atoms with E-state index in [-0.39, 0.29) is 16.4 Å². The molecule has 0 aliphatic heterocycles. The fourth-order valence-electron chi connectivity index (χ4n) is 2.85. The van der Waals surface area contributed by atoms with Crippen LogP contribution in [-0.2, 0) is 14.8 Å². The van der Waals surface area contributed by atoms with E-state index < -0.39 is 27.4 Å². The van der Waals surface area contributed by atoms with Crippen molar-refractivity contribution in [3.05, 3.63) is 17.4 Å². The maximum Gasteiger partial charge on any atom is 0.329 e. The third-order valence-electron chi connectivity index (χ3n) is 4.56. The number of sulfonamides is 1. The van der Waals surface area contributed by atoms with Gasteiger partial charge in [-0.3, -0.25) is 4.79 Å². The number of rotatable bonds is 5. The van der Waals surface area contributed by atoms with E-state index in [1.807, 2.05) is 6.92 Å². The summed E-state index contributed by atoms with van der Waals surface area (Å²) in [6, 6.07) is 1.11. The SMILES string of the molecule is CNS(=O)(=O)c1cc(C(=O)NC2(C(=O)O)CCC(C)CC2)c(C)o1. The quantitative estimate of drug-likeness (QED) is 0.727. The molecule has 1 heterocycles. The summed E-state index contributed by atoms with van der Waals surface area (Å²) in [6.07, 6.45) is 2.09. The highest BCUT2D eigenvalue weighted by molar-refractivity contribution is 7.89. The van der Waals surface area contributed by atoms with Gasteiger partial charge in [0.25, 0.3) is 15.9 Å². The third kappa shape index (κ3) is 3.46. The average Bonchev–Trinajstić information content (AvgIpc) is 2.92. The van der Waals surface area contributed by atoms with Crippen LogP contribution in [0.1, 0.15) is 48.7 Å². The van der Waals surface area contributed by atoms with E-state index in [1.165, 1.54) is 14.0 Å². The van der Waals surface area contributed by atoms with Gasteiger partial charge in [-0.2, -0.15) is 0 Å². The van der Waals surface area contributed by atoms with Gasteiger partial charge in [-0.05, 0) is 45.6 Å². The van der Waals surface area contributed by atoms with Crippen LogP contribution < -0.4 is 10.0 Å². The van der Waals surface area contributed by atoms with Crippen molar-refractivity contribution < 1.29 is 27.5 Å². The molecule has 9 heteroatoms. The maximum atomic E-state index is 12.5. The van der Waals surface area contributed by atoms with E-state index in [2.05, 4.69) is 10.0 Å². The summed E-state index contributed by atoms with van der Waals surface area (Å²) in [7, 11) is -2.59. The van der Waals surface area contributed by atoms with Gasteiger partial charge in [-0.15, -0.1) is 0 Å². The first-order valence-electron chi connectivity index (χ1n) is 7.71. The van der Waals surface area contributed by atoms with Crippen molar-refractivity contribution in [1.29, 1.82) is 0 Å². The molecular formula is C15H22N2O6S. The van der Waals surface area contributed by atoms with E-state index in [1.54, 1.807) is 0 Å². The van der Waals surface area contributed by atoms with E-state index in [9.17, 15) is 23.1 Å². The van der Waals surface area contributed by atoms with Gasteiger partial charge in [-0.1, -0.05) is 6.92 Å². The minimum atomic E-state index is -3.82. The molecule has 2 rings (SSSR count). The smallest absolute Gasteiger partial charge is 0.329 e. The zero-order valence-electron chi connectivity index (χ0n) is 13.9. The number of aryl methyl sites for hydroxylation is 1. The molecule has 8 nitrogen and oxygen atoms in total. The molecular weight excluding hydrogens is 336 g/mol. The number of furan rings is 1. The fourth-order valence-corrected chi connectivity index (χ4v) is 3.55. The second kappa shape index (κ2) is 6.56. The van der Waals surface area contributed by atoms with Crippen LogP contribution >= 0.6 is 0 Å². The van der Waals surface area contributed by atoms with Gasteiger partial charge in [0.15, 0.2) is 0 Å². The minimum Gasteiger partial charge on any atom is -0.480 e. The Morgan fingerprint density at radius 1 is 1.33 bits per heavy atom. The van der Waals surface area contributed by atoms with E-state index in [0.29, 0.717) is 31.6 Å². The molecule has 1 saturated carbocycles. The number of carboxylic acids is 1. The molecule has 0 radical (unpaired) electrons. The van der Waals surface area contributed by atoms with Gasteiger partial charge >= 0.3 is 5.97 Å². The van der Waals surface area contributed by atoms with E-state index in [4.69, 9.17) is 4.42 Å². The van der Waals surface area contributed by atoms with Gasteiger partial charge < -0.3 is 14.8 Å². The molecule has 0 spiro atoms. The molecule has 1 aromatic heterocycles. The van der Waals surface area contributed by atoms with Crippen LogP contribution in [0, 0.1) is 12.8 Å². The molecule has 0 unspecified atom stereocenters. The first-order valence-corrected chi connectivity index (χ1v) is 9.19. The Morgan fingerprint density at radius 2 is 1.92 bits per heavy atom. The van der Waals surface area contributed by atoms with Crippen LogP contribution in [0.5, 0.6) is 0 Å². The average molecular weight is 358 g/mol.